The van der Waals surface area contributed by atoms with Crippen LogP contribution in [0, 0.1) is 0 Å². The molecule has 0 amide bonds. The van der Waals surface area contributed by atoms with Crippen molar-refractivity contribution in [1.29, 1.82) is 0 Å². The Morgan fingerprint density at radius 2 is 2.24 bits per heavy atom. The molecule has 0 saturated heterocycles. The van der Waals surface area contributed by atoms with E-state index in [1.54, 1.807) is 0 Å². The molecule has 1 aromatic carbocycles. The van der Waals surface area contributed by atoms with Crippen LogP contribution in [0.25, 0.3) is 0 Å². The Bertz CT molecular complexity index is 615. The third-order valence-corrected chi connectivity index (χ3v) is 4.14. The number of fused-ring (bicyclic) bond motifs is 1. The van der Waals surface area contributed by atoms with Crippen molar-refractivity contribution in [1.82, 2.24) is 14.7 Å². The van der Waals surface area contributed by atoms with Crippen LogP contribution in [-0.4, -0.2) is 28.8 Å². The molecule has 1 aliphatic rings. The van der Waals surface area contributed by atoms with Crippen molar-refractivity contribution in [2.24, 2.45) is 7.05 Å². The lowest BCUT2D eigenvalue weighted by atomic mass is 9.92. The van der Waals surface area contributed by atoms with E-state index in [-0.39, 0.29) is 0 Å². The molecular weight excluding hydrogens is 260 g/mol. The highest BCUT2D eigenvalue weighted by Crippen LogP contribution is 2.32. The Morgan fingerprint density at radius 1 is 1.38 bits per heavy atom. The molecule has 4 nitrogen and oxygen atoms in total. The van der Waals surface area contributed by atoms with Crippen molar-refractivity contribution in [2.75, 3.05) is 19.4 Å². The molecule has 0 radical (unpaired) electrons. The summed E-state index contributed by atoms with van der Waals surface area (Å²) in [6.07, 6.45) is 5.57. The lowest BCUT2D eigenvalue weighted by Crippen LogP contribution is -2.18. The molecule has 21 heavy (non-hydrogen) atoms. The molecule has 3 rings (SSSR count). The second kappa shape index (κ2) is 5.90. The summed E-state index contributed by atoms with van der Waals surface area (Å²) in [5.74, 6) is 0. The van der Waals surface area contributed by atoms with Crippen molar-refractivity contribution in [3.05, 3.63) is 47.3 Å². The van der Waals surface area contributed by atoms with Crippen LogP contribution >= 0.6 is 0 Å². The van der Waals surface area contributed by atoms with Gasteiger partial charge in [-0.1, -0.05) is 12.1 Å². The predicted molar refractivity (Wildman–Crippen MR) is 86.3 cm³/mol. The summed E-state index contributed by atoms with van der Waals surface area (Å²) in [5, 5.41) is 8.11. The molecule has 0 saturated carbocycles. The fourth-order valence-corrected chi connectivity index (χ4v) is 3.18. The van der Waals surface area contributed by atoms with Crippen LogP contribution in [-0.2, 0) is 20.0 Å². The first-order valence-corrected chi connectivity index (χ1v) is 7.64. The van der Waals surface area contributed by atoms with Crippen molar-refractivity contribution in [2.45, 2.75) is 31.8 Å². The van der Waals surface area contributed by atoms with Gasteiger partial charge in [0.2, 0.25) is 0 Å². The molecule has 112 valence electrons. The average Bonchev–Trinajstić information content (AvgIpc) is 2.82. The van der Waals surface area contributed by atoms with E-state index in [2.05, 4.69) is 53.7 Å². The minimum absolute atomic E-state index is 0.386. The average molecular weight is 284 g/mol. The van der Waals surface area contributed by atoms with E-state index in [4.69, 9.17) is 0 Å². The Balaban J connectivity index is 1.78. The van der Waals surface area contributed by atoms with Crippen LogP contribution in [0.3, 0.4) is 0 Å². The molecule has 0 bridgehead atoms. The van der Waals surface area contributed by atoms with Crippen LogP contribution < -0.4 is 5.32 Å². The number of rotatable bonds is 4. The molecule has 1 atom stereocenters. The zero-order chi connectivity index (χ0) is 14.8. The summed E-state index contributed by atoms with van der Waals surface area (Å²) in [5.41, 5.74) is 5.29. The molecule has 1 heterocycles. The lowest BCUT2D eigenvalue weighted by molar-refractivity contribution is 0.402. The van der Waals surface area contributed by atoms with Gasteiger partial charge in [-0.25, -0.2) is 0 Å². The van der Waals surface area contributed by atoms with Crippen molar-refractivity contribution in [3.63, 3.8) is 0 Å². The van der Waals surface area contributed by atoms with E-state index in [0.29, 0.717) is 6.04 Å². The molecule has 1 N–H and O–H groups in total. The monoisotopic (exact) mass is 284 g/mol. The molecule has 1 unspecified atom stereocenters. The van der Waals surface area contributed by atoms with E-state index >= 15 is 0 Å². The number of benzene rings is 1. The van der Waals surface area contributed by atoms with Gasteiger partial charge in [-0.3, -0.25) is 4.68 Å². The van der Waals surface area contributed by atoms with Crippen molar-refractivity contribution < 1.29 is 0 Å². The van der Waals surface area contributed by atoms with Crippen LogP contribution in [0.2, 0.25) is 0 Å². The van der Waals surface area contributed by atoms with E-state index in [9.17, 15) is 0 Å². The number of aryl methyl sites for hydroxylation is 1. The minimum Gasteiger partial charge on any atom is -0.378 e. The molecule has 1 aliphatic carbocycles. The number of hydrogen-bond acceptors (Lipinski definition) is 3. The van der Waals surface area contributed by atoms with Gasteiger partial charge in [0.25, 0.3) is 0 Å². The second-order valence-corrected chi connectivity index (χ2v) is 6.20. The van der Waals surface area contributed by atoms with Gasteiger partial charge in [0.1, 0.15) is 0 Å². The maximum atomic E-state index is 4.42. The largest absolute Gasteiger partial charge is 0.378 e. The van der Waals surface area contributed by atoms with E-state index < -0.39 is 0 Å². The Labute approximate surface area is 126 Å². The zero-order valence-corrected chi connectivity index (χ0v) is 13.1. The third kappa shape index (κ3) is 3.10. The summed E-state index contributed by atoms with van der Waals surface area (Å²) in [6, 6.07) is 9.11. The lowest BCUT2D eigenvalue weighted by Gasteiger charge is -2.25. The normalized spacial score (nSPS) is 17.8. The summed E-state index contributed by atoms with van der Waals surface area (Å²) in [6.45, 7) is 0.971. The van der Waals surface area contributed by atoms with Crippen LogP contribution in [0.15, 0.2) is 30.5 Å². The molecule has 0 fully saturated rings. The number of hydrogen-bond donors (Lipinski definition) is 1. The van der Waals surface area contributed by atoms with Crippen LogP contribution in [0.1, 0.15) is 35.7 Å². The first kappa shape index (κ1) is 14.1. The Kier molecular flexibility index (Phi) is 3.97. The zero-order valence-electron chi connectivity index (χ0n) is 13.1. The molecule has 0 aliphatic heterocycles. The number of anilines is 1. The first-order chi connectivity index (χ1) is 10.1. The van der Waals surface area contributed by atoms with Gasteiger partial charge in [-0.2, -0.15) is 5.10 Å². The summed E-state index contributed by atoms with van der Waals surface area (Å²) in [4.78, 5) is 2.19. The smallest absolute Gasteiger partial charge is 0.0547 e. The van der Waals surface area contributed by atoms with Gasteiger partial charge >= 0.3 is 0 Å². The van der Waals surface area contributed by atoms with Gasteiger partial charge in [0, 0.05) is 30.5 Å². The quantitative estimate of drug-likeness (QED) is 0.937. The predicted octanol–water partition coefficient (Wildman–Crippen LogP) is 2.97. The van der Waals surface area contributed by atoms with Gasteiger partial charge in [-0.05, 0) is 51.1 Å². The Morgan fingerprint density at radius 3 is 3.05 bits per heavy atom. The van der Waals surface area contributed by atoms with Crippen LogP contribution in [0.4, 0.5) is 5.69 Å². The highest BCUT2D eigenvalue weighted by atomic mass is 15.3. The first-order valence-electron chi connectivity index (χ1n) is 7.64. The highest BCUT2D eigenvalue weighted by molar-refractivity contribution is 5.48. The van der Waals surface area contributed by atoms with Gasteiger partial charge in [0.05, 0.1) is 12.2 Å². The number of aromatic nitrogens is 2. The highest BCUT2D eigenvalue weighted by Gasteiger charge is 2.23. The fourth-order valence-electron chi connectivity index (χ4n) is 3.18. The fraction of sp³-hybridized carbons (Fsp3) is 0.471. The molecule has 0 spiro atoms. The van der Waals surface area contributed by atoms with Gasteiger partial charge < -0.3 is 10.2 Å². The third-order valence-electron chi connectivity index (χ3n) is 4.14. The Hall–Kier alpha value is -1.81. The topological polar surface area (TPSA) is 33.1 Å². The summed E-state index contributed by atoms with van der Waals surface area (Å²) >= 11 is 0. The molecule has 2 aromatic rings. The van der Waals surface area contributed by atoms with E-state index in [0.717, 1.165) is 13.0 Å². The van der Waals surface area contributed by atoms with Gasteiger partial charge in [0.15, 0.2) is 0 Å². The number of nitrogens with one attached hydrogen (secondary N) is 1. The van der Waals surface area contributed by atoms with E-state index in [1.165, 1.54) is 35.3 Å². The number of nitrogens with zero attached hydrogens (tertiary/aromatic N) is 3. The van der Waals surface area contributed by atoms with E-state index in [1.807, 2.05) is 17.9 Å². The summed E-state index contributed by atoms with van der Waals surface area (Å²) in [7, 11) is 6.24. The summed E-state index contributed by atoms with van der Waals surface area (Å²) < 4.78 is 2.02. The SMILES string of the molecule is CN(C)Cc1cccc(NC2CCCc3c2cnn3C)c1. The maximum absolute atomic E-state index is 4.42. The minimum atomic E-state index is 0.386. The standard InChI is InChI=1S/C17H24N4/c1-20(2)12-13-6-4-7-14(10-13)19-16-8-5-9-17-15(16)11-18-21(17)3/h4,6-7,10-11,16,19H,5,8-9,12H2,1-3H3. The van der Waals surface area contributed by atoms with Crippen LogP contribution in [0.5, 0.6) is 0 Å². The molecule has 1 aromatic heterocycles. The van der Waals surface area contributed by atoms with Crippen molar-refractivity contribution in [3.8, 4) is 0 Å². The molecule has 4 heteroatoms. The molecular formula is C17H24N4. The van der Waals surface area contributed by atoms with Gasteiger partial charge in [-0.15, -0.1) is 0 Å². The maximum Gasteiger partial charge on any atom is 0.0547 e. The van der Waals surface area contributed by atoms with Crippen molar-refractivity contribution >= 4 is 5.69 Å². The second-order valence-electron chi connectivity index (χ2n) is 6.20.